The Balaban J connectivity index is 2.94. The summed E-state index contributed by atoms with van der Waals surface area (Å²) in [5.74, 6) is -0.623. The number of hydrogen-bond donors (Lipinski definition) is 0. The summed E-state index contributed by atoms with van der Waals surface area (Å²) in [6, 6.07) is 1.76. The lowest BCUT2D eigenvalue weighted by Gasteiger charge is -2.20. The topological polar surface area (TPSA) is 51.5 Å². The van der Waals surface area contributed by atoms with Crippen LogP contribution in [0.25, 0.3) is 0 Å². The van der Waals surface area contributed by atoms with Crippen molar-refractivity contribution in [3.8, 4) is 0 Å². The predicted molar refractivity (Wildman–Crippen MR) is 85.2 cm³/mol. The summed E-state index contributed by atoms with van der Waals surface area (Å²) in [4.78, 5) is 25.7. The molecule has 0 unspecified atom stereocenters. The van der Waals surface area contributed by atoms with Crippen LogP contribution >= 0.6 is 15.9 Å². The minimum absolute atomic E-state index is 0.0758. The Hall–Kier alpha value is -1.56. The number of halogens is 1. The number of rotatable bonds is 8. The van der Waals surface area contributed by atoms with Gasteiger partial charge in [-0.3, -0.25) is 9.59 Å². The SMILES string of the molecule is C=CCN(CC(=O)OCC)C(=O)c1cc(Br)cn1CCC. The maximum Gasteiger partial charge on any atom is 0.325 e. The van der Waals surface area contributed by atoms with Crippen LogP contribution < -0.4 is 0 Å². The van der Waals surface area contributed by atoms with E-state index in [4.69, 9.17) is 4.74 Å². The van der Waals surface area contributed by atoms with Gasteiger partial charge in [0.25, 0.3) is 5.91 Å². The molecule has 1 aromatic rings. The van der Waals surface area contributed by atoms with Gasteiger partial charge >= 0.3 is 5.97 Å². The Bertz CT molecular complexity index is 511. The van der Waals surface area contributed by atoms with E-state index in [0.717, 1.165) is 17.4 Å². The van der Waals surface area contributed by atoms with Gasteiger partial charge in [-0.05, 0) is 35.3 Å². The number of ether oxygens (including phenoxy) is 1. The fraction of sp³-hybridized carbons (Fsp3) is 0.467. The van der Waals surface area contributed by atoms with Gasteiger partial charge in [-0.25, -0.2) is 0 Å². The second-order valence-corrected chi connectivity index (χ2v) is 5.43. The molecular formula is C15H21BrN2O3. The first-order valence-corrected chi connectivity index (χ1v) is 7.74. The van der Waals surface area contributed by atoms with E-state index in [2.05, 4.69) is 22.5 Å². The number of hydrogen-bond acceptors (Lipinski definition) is 3. The maximum atomic E-state index is 12.6. The lowest BCUT2D eigenvalue weighted by atomic mass is 10.3. The minimum Gasteiger partial charge on any atom is -0.465 e. The largest absolute Gasteiger partial charge is 0.465 e. The minimum atomic E-state index is -0.416. The lowest BCUT2D eigenvalue weighted by molar-refractivity contribution is -0.143. The number of aromatic nitrogens is 1. The standard InChI is InChI=1S/C15H21BrN2O3/c1-4-7-17-10-12(16)9-13(17)15(20)18(8-5-2)11-14(19)21-6-3/h5,9-10H,2,4,6-8,11H2,1,3H3. The van der Waals surface area contributed by atoms with E-state index >= 15 is 0 Å². The van der Waals surface area contributed by atoms with Crippen molar-refractivity contribution in [2.24, 2.45) is 0 Å². The number of amides is 1. The highest BCUT2D eigenvalue weighted by Crippen LogP contribution is 2.17. The second-order valence-electron chi connectivity index (χ2n) is 4.52. The van der Waals surface area contributed by atoms with Crippen LogP contribution in [-0.2, 0) is 16.1 Å². The highest BCUT2D eigenvalue weighted by molar-refractivity contribution is 9.10. The van der Waals surface area contributed by atoms with Crippen molar-refractivity contribution in [1.82, 2.24) is 9.47 Å². The van der Waals surface area contributed by atoms with Gasteiger partial charge in [0.15, 0.2) is 0 Å². The summed E-state index contributed by atoms with van der Waals surface area (Å²) in [7, 11) is 0. The van der Waals surface area contributed by atoms with Crippen LogP contribution in [0, 0.1) is 0 Å². The number of carbonyl (C=O) groups is 2. The molecule has 0 atom stereocenters. The van der Waals surface area contributed by atoms with E-state index in [1.807, 2.05) is 17.7 Å². The molecule has 0 aromatic carbocycles. The summed E-state index contributed by atoms with van der Waals surface area (Å²) in [5, 5.41) is 0. The van der Waals surface area contributed by atoms with Crippen LogP contribution in [0.5, 0.6) is 0 Å². The van der Waals surface area contributed by atoms with Crippen LogP contribution in [0.2, 0.25) is 0 Å². The first-order chi connectivity index (χ1) is 10.0. The molecule has 5 nitrogen and oxygen atoms in total. The molecule has 0 aliphatic heterocycles. The third kappa shape index (κ3) is 5.04. The molecule has 0 aliphatic rings. The van der Waals surface area contributed by atoms with E-state index in [-0.39, 0.29) is 12.5 Å². The van der Waals surface area contributed by atoms with E-state index < -0.39 is 5.97 Å². The first kappa shape index (κ1) is 17.5. The summed E-state index contributed by atoms with van der Waals surface area (Å²) in [6.45, 7) is 8.68. The molecule has 116 valence electrons. The van der Waals surface area contributed by atoms with Gasteiger partial charge in [-0.2, -0.15) is 0 Å². The molecule has 0 fully saturated rings. The molecule has 6 heteroatoms. The molecule has 0 radical (unpaired) electrons. The Morgan fingerprint density at radius 3 is 2.76 bits per heavy atom. The lowest BCUT2D eigenvalue weighted by Crippen LogP contribution is -2.37. The molecule has 1 aromatic heterocycles. The summed E-state index contributed by atoms with van der Waals surface area (Å²) in [6.07, 6.45) is 4.38. The normalized spacial score (nSPS) is 10.2. The van der Waals surface area contributed by atoms with Crippen LogP contribution in [-0.4, -0.2) is 41.0 Å². The van der Waals surface area contributed by atoms with Gasteiger partial charge < -0.3 is 14.2 Å². The Morgan fingerprint density at radius 2 is 2.19 bits per heavy atom. The summed E-state index contributed by atoms with van der Waals surface area (Å²) >= 11 is 3.38. The quantitative estimate of drug-likeness (QED) is 0.531. The average Bonchev–Trinajstić information content (AvgIpc) is 2.79. The molecule has 0 spiro atoms. The Kier molecular flexibility index (Phi) is 7.22. The predicted octanol–water partition coefficient (Wildman–Crippen LogP) is 2.85. The maximum absolute atomic E-state index is 12.6. The van der Waals surface area contributed by atoms with Gasteiger partial charge in [-0.1, -0.05) is 13.0 Å². The van der Waals surface area contributed by atoms with Crippen molar-refractivity contribution in [3.63, 3.8) is 0 Å². The van der Waals surface area contributed by atoms with Crippen molar-refractivity contribution >= 4 is 27.8 Å². The Morgan fingerprint density at radius 1 is 1.48 bits per heavy atom. The van der Waals surface area contributed by atoms with Crippen LogP contribution in [0.1, 0.15) is 30.8 Å². The molecule has 0 N–H and O–H groups in total. The van der Waals surface area contributed by atoms with Crippen LogP contribution in [0.3, 0.4) is 0 Å². The van der Waals surface area contributed by atoms with Gasteiger partial charge in [0.05, 0.1) is 6.61 Å². The number of aryl methyl sites for hydroxylation is 1. The fourth-order valence-corrected chi connectivity index (χ4v) is 2.44. The zero-order chi connectivity index (χ0) is 15.8. The van der Waals surface area contributed by atoms with Gasteiger partial charge in [-0.15, -0.1) is 6.58 Å². The number of nitrogens with zero attached hydrogens (tertiary/aromatic N) is 2. The molecule has 0 bridgehead atoms. The average molecular weight is 357 g/mol. The second kappa shape index (κ2) is 8.67. The Labute approximate surface area is 133 Å². The van der Waals surface area contributed by atoms with Crippen LogP contribution in [0.15, 0.2) is 29.4 Å². The molecular weight excluding hydrogens is 336 g/mol. The van der Waals surface area contributed by atoms with Crippen molar-refractivity contribution in [3.05, 3.63) is 35.1 Å². The van der Waals surface area contributed by atoms with E-state index in [0.29, 0.717) is 18.8 Å². The van der Waals surface area contributed by atoms with E-state index in [1.165, 1.54) is 4.90 Å². The third-order valence-electron chi connectivity index (χ3n) is 2.81. The van der Waals surface area contributed by atoms with Gasteiger partial charge in [0.1, 0.15) is 12.2 Å². The van der Waals surface area contributed by atoms with Gasteiger partial charge in [0, 0.05) is 23.8 Å². The fourth-order valence-electron chi connectivity index (χ4n) is 1.98. The highest BCUT2D eigenvalue weighted by atomic mass is 79.9. The molecule has 1 rings (SSSR count). The highest BCUT2D eigenvalue weighted by Gasteiger charge is 2.21. The van der Waals surface area contributed by atoms with Crippen LogP contribution in [0.4, 0.5) is 0 Å². The third-order valence-corrected chi connectivity index (χ3v) is 3.24. The van der Waals surface area contributed by atoms with Gasteiger partial charge in [0.2, 0.25) is 0 Å². The van der Waals surface area contributed by atoms with Crippen molar-refractivity contribution in [2.75, 3.05) is 19.7 Å². The molecule has 21 heavy (non-hydrogen) atoms. The summed E-state index contributed by atoms with van der Waals surface area (Å²) in [5.41, 5.74) is 0.551. The molecule has 0 saturated carbocycles. The molecule has 0 saturated heterocycles. The van der Waals surface area contributed by atoms with Crippen molar-refractivity contribution < 1.29 is 14.3 Å². The number of esters is 1. The van der Waals surface area contributed by atoms with E-state index in [9.17, 15) is 9.59 Å². The van der Waals surface area contributed by atoms with E-state index in [1.54, 1.807) is 19.1 Å². The van der Waals surface area contributed by atoms with Crippen molar-refractivity contribution in [1.29, 1.82) is 0 Å². The molecule has 1 amide bonds. The summed E-state index contributed by atoms with van der Waals surface area (Å²) < 4.78 is 7.63. The van der Waals surface area contributed by atoms with Crippen molar-refractivity contribution in [2.45, 2.75) is 26.8 Å². The molecule has 1 heterocycles. The smallest absolute Gasteiger partial charge is 0.325 e. The zero-order valence-electron chi connectivity index (χ0n) is 12.5. The molecule has 0 aliphatic carbocycles. The zero-order valence-corrected chi connectivity index (χ0v) is 14.1. The number of carbonyl (C=O) groups excluding carboxylic acids is 2. The first-order valence-electron chi connectivity index (χ1n) is 6.94. The monoisotopic (exact) mass is 356 g/mol.